The van der Waals surface area contributed by atoms with Crippen LogP contribution in [0, 0.1) is 0 Å². The Bertz CT molecular complexity index is 900. The van der Waals surface area contributed by atoms with E-state index in [1.807, 2.05) is 0 Å². The number of amides is 1. The molecule has 0 aromatic rings. The van der Waals surface area contributed by atoms with Crippen molar-refractivity contribution in [3.63, 3.8) is 0 Å². The van der Waals surface area contributed by atoms with Crippen molar-refractivity contribution in [2.45, 2.75) is 187 Å². The summed E-state index contributed by atoms with van der Waals surface area (Å²) in [6.07, 6.45) is 29.9. The average Bonchev–Trinajstić information content (AvgIpc) is 3.07. The Morgan fingerprint density at radius 1 is 0.633 bits per heavy atom. The first kappa shape index (κ1) is 47.2. The summed E-state index contributed by atoms with van der Waals surface area (Å²) in [6, 6.07) is -1.54. The number of hydrogen-bond donors (Lipinski definition) is 4. The fourth-order valence-corrected chi connectivity index (χ4v) is 6.02. The molecule has 0 fully saturated rings. The predicted octanol–water partition coefficient (Wildman–Crippen LogP) is 8.94. The number of phosphoric ester groups is 1. The van der Waals surface area contributed by atoms with Crippen molar-refractivity contribution >= 4 is 25.7 Å². The van der Waals surface area contributed by atoms with E-state index in [2.05, 4.69) is 31.3 Å². The van der Waals surface area contributed by atoms with Gasteiger partial charge in [-0.25, -0.2) is 9.36 Å². The van der Waals surface area contributed by atoms with E-state index < -0.39 is 57.6 Å². The number of aliphatic carboxylic acids is 1. The standard InChI is InChI=1S/C37H70NO10P/c1-3-5-7-9-11-12-13-14-15-16-17-18-19-20-21-23-25-27-29-36(41)46-30-33(39)31-47-49(44,45)48-32-34(37(42)43)38-35(40)28-26-24-22-10-8-6-4-2/h15-16,33-34,39H,3-14,17-32H2,1-2H3,(H,38,40)(H,42,43)(H,44,45)/b16-15-. The number of ether oxygens (including phenoxy) is 1. The van der Waals surface area contributed by atoms with E-state index >= 15 is 0 Å². The van der Waals surface area contributed by atoms with E-state index in [1.165, 1.54) is 77.0 Å². The Hall–Kier alpha value is -1.78. The zero-order valence-electron chi connectivity index (χ0n) is 30.8. The molecule has 0 aromatic carbocycles. The van der Waals surface area contributed by atoms with Gasteiger partial charge in [0, 0.05) is 12.8 Å². The number of carboxylic acids is 1. The summed E-state index contributed by atoms with van der Waals surface area (Å²) in [5, 5.41) is 21.6. The van der Waals surface area contributed by atoms with E-state index in [0.29, 0.717) is 12.8 Å². The zero-order chi connectivity index (χ0) is 36.4. The Labute approximate surface area is 296 Å². The number of nitrogens with one attached hydrogen (secondary N) is 1. The topological polar surface area (TPSA) is 169 Å². The number of hydrogen-bond acceptors (Lipinski definition) is 8. The van der Waals surface area contributed by atoms with Gasteiger partial charge in [0.2, 0.25) is 5.91 Å². The summed E-state index contributed by atoms with van der Waals surface area (Å²) in [4.78, 5) is 45.5. The molecule has 0 rings (SSSR count). The van der Waals surface area contributed by atoms with Crippen LogP contribution in [-0.4, -0.2) is 64.9 Å². The second-order valence-electron chi connectivity index (χ2n) is 13.1. The SMILES string of the molecule is CCCCCCCCC/C=C\CCCCCCCCCC(=O)OCC(O)COP(=O)(O)OCC(NC(=O)CCCCCCCCC)C(=O)O. The molecule has 0 saturated carbocycles. The summed E-state index contributed by atoms with van der Waals surface area (Å²) in [6.45, 7) is 2.50. The lowest BCUT2D eigenvalue weighted by atomic mass is 10.1. The number of aliphatic hydroxyl groups excluding tert-OH is 1. The van der Waals surface area contributed by atoms with Gasteiger partial charge >= 0.3 is 19.8 Å². The fraction of sp³-hybridized carbons (Fsp3) is 0.865. The predicted molar refractivity (Wildman–Crippen MR) is 194 cm³/mol. The molecule has 3 atom stereocenters. The smallest absolute Gasteiger partial charge is 0.472 e. The summed E-state index contributed by atoms with van der Waals surface area (Å²) < 4.78 is 26.6. The fourth-order valence-electron chi connectivity index (χ4n) is 5.25. The van der Waals surface area contributed by atoms with Gasteiger partial charge in [0.25, 0.3) is 0 Å². The lowest BCUT2D eigenvalue weighted by Crippen LogP contribution is -2.43. The Kier molecular flexibility index (Phi) is 32.2. The molecule has 0 radical (unpaired) electrons. The van der Waals surface area contributed by atoms with Crippen LogP contribution in [0.4, 0.5) is 0 Å². The molecule has 4 N–H and O–H groups in total. The quantitative estimate of drug-likeness (QED) is 0.0212. The van der Waals surface area contributed by atoms with E-state index in [0.717, 1.165) is 57.8 Å². The van der Waals surface area contributed by atoms with Crippen LogP contribution in [0.25, 0.3) is 0 Å². The number of carbonyl (C=O) groups is 3. The molecule has 0 bridgehead atoms. The van der Waals surface area contributed by atoms with Crippen molar-refractivity contribution in [3.05, 3.63) is 12.2 Å². The summed E-state index contributed by atoms with van der Waals surface area (Å²) in [7, 11) is -4.74. The third kappa shape index (κ3) is 33.1. The molecule has 11 nitrogen and oxygen atoms in total. The van der Waals surface area contributed by atoms with Gasteiger partial charge in [0.1, 0.15) is 12.7 Å². The number of carboxylic acid groups (broad SMARTS) is 1. The highest BCUT2D eigenvalue weighted by Crippen LogP contribution is 2.43. The molecule has 3 unspecified atom stereocenters. The summed E-state index contributed by atoms with van der Waals surface area (Å²) >= 11 is 0. The molecule has 0 heterocycles. The minimum absolute atomic E-state index is 0.146. The second kappa shape index (κ2) is 33.4. The first-order chi connectivity index (χ1) is 23.6. The van der Waals surface area contributed by atoms with Gasteiger partial charge in [-0.05, 0) is 38.5 Å². The van der Waals surface area contributed by atoms with Crippen LogP contribution in [0.15, 0.2) is 12.2 Å². The molecule has 0 aromatic heterocycles. The molecular formula is C37H70NO10P. The molecule has 0 aliphatic carbocycles. The van der Waals surface area contributed by atoms with E-state index in [4.69, 9.17) is 13.8 Å². The van der Waals surface area contributed by atoms with Crippen LogP contribution in [0.3, 0.4) is 0 Å². The van der Waals surface area contributed by atoms with Crippen molar-refractivity contribution in [2.24, 2.45) is 0 Å². The van der Waals surface area contributed by atoms with E-state index in [9.17, 15) is 34.1 Å². The van der Waals surface area contributed by atoms with Gasteiger partial charge in [-0.3, -0.25) is 18.6 Å². The van der Waals surface area contributed by atoms with Crippen molar-refractivity contribution in [1.29, 1.82) is 0 Å². The number of aliphatic hydroxyl groups is 1. The van der Waals surface area contributed by atoms with Crippen molar-refractivity contribution in [3.8, 4) is 0 Å². The maximum absolute atomic E-state index is 12.2. The molecule has 0 spiro atoms. The van der Waals surface area contributed by atoms with Crippen LogP contribution in [0.2, 0.25) is 0 Å². The zero-order valence-corrected chi connectivity index (χ0v) is 31.6. The van der Waals surface area contributed by atoms with Gasteiger partial charge in [-0.15, -0.1) is 0 Å². The molecule has 288 valence electrons. The average molecular weight is 720 g/mol. The van der Waals surface area contributed by atoms with E-state index in [-0.39, 0.29) is 12.8 Å². The Balaban J connectivity index is 3.87. The summed E-state index contributed by atoms with van der Waals surface area (Å²) in [5.41, 5.74) is 0. The highest BCUT2D eigenvalue weighted by molar-refractivity contribution is 7.47. The number of allylic oxidation sites excluding steroid dienone is 2. The molecule has 49 heavy (non-hydrogen) atoms. The van der Waals surface area contributed by atoms with Crippen LogP contribution in [0.5, 0.6) is 0 Å². The second-order valence-corrected chi connectivity index (χ2v) is 14.6. The maximum atomic E-state index is 12.2. The lowest BCUT2D eigenvalue weighted by molar-refractivity contribution is -0.147. The molecule has 1 amide bonds. The number of unbranched alkanes of at least 4 members (excludes halogenated alkanes) is 20. The lowest BCUT2D eigenvalue weighted by Gasteiger charge is -2.18. The van der Waals surface area contributed by atoms with Crippen LogP contribution >= 0.6 is 7.82 Å². The van der Waals surface area contributed by atoms with Gasteiger partial charge in [0.05, 0.1) is 13.2 Å². The highest BCUT2D eigenvalue weighted by Gasteiger charge is 2.28. The Morgan fingerprint density at radius 3 is 1.55 bits per heavy atom. The third-order valence-electron chi connectivity index (χ3n) is 8.30. The van der Waals surface area contributed by atoms with Gasteiger partial charge < -0.3 is 25.2 Å². The van der Waals surface area contributed by atoms with Crippen molar-refractivity contribution < 1.29 is 47.8 Å². The molecular weight excluding hydrogens is 649 g/mol. The molecule has 12 heteroatoms. The first-order valence-electron chi connectivity index (χ1n) is 19.2. The van der Waals surface area contributed by atoms with Gasteiger partial charge in [0.15, 0.2) is 6.04 Å². The van der Waals surface area contributed by atoms with E-state index in [1.54, 1.807) is 0 Å². The van der Waals surface area contributed by atoms with Gasteiger partial charge in [-0.1, -0.05) is 135 Å². The van der Waals surface area contributed by atoms with Gasteiger partial charge in [-0.2, -0.15) is 0 Å². The molecule has 0 aliphatic rings. The minimum atomic E-state index is -4.74. The molecule has 0 aliphatic heterocycles. The minimum Gasteiger partial charge on any atom is -0.480 e. The first-order valence-corrected chi connectivity index (χ1v) is 20.7. The number of esters is 1. The molecule has 0 saturated heterocycles. The summed E-state index contributed by atoms with van der Waals surface area (Å²) in [5.74, 6) is -2.38. The maximum Gasteiger partial charge on any atom is 0.472 e. The van der Waals surface area contributed by atoms with Crippen LogP contribution in [0.1, 0.15) is 174 Å². The third-order valence-corrected chi connectivity index (χ3v) is 9.26. The highest BCUT2D eigenvalue weighted by atomic mass is 31.2. The largest absolute Gasteiger partial charge is 0.480 e. The normalized spacial score (nSPS) is 14.0. The Morgan fingerprint density at radius 2 is 1.06 bits per heavy atom. The van der Waals surface area contributed by atoms with Crippen molar-refractivity contribution in [1.82, 2.24) is 5.32 Å². The monoisotopic (exact) mass is 719 g/mol. The van der Waals surface area contributed by atoms with Crippen molar-refractivity contribution in [2.75, 3.05) is 19.8 Å². The number of carbonyl (C=O) groups excluding carboxylic acids is 2. The van der Waals surface area contributed by atoms with Crippen LogP contribution in [-0.2, 0) is 32.7 Å². The van der Waals surface area contributed by atoms with Crippen LogP contribution < -0.4 is 5.32 Å². The number of phosphoric acid groups is 1. The number of rotatable bonds is 36.